The van der Waals surface area contributed by atoms with Crippen LogP contribution in [-0.2, 0) is 6.54 Å². The van der Waals surface area contributed by atoms with E-state index in [0.29, 0.717) is 14.8 Å². The van der Waals surface area contributed by atoms with E-state index < -0.39 is 0 Å². The monoisotopic (exact) mass is 375 g/mol. The molecule has 0 spiro atoms. The Morgan fingerprint density at radius 3 is 2.33 bits per heavy atom. The standard InChI is InChI=1S/C21H14FN3OS/c1-14-2-4-15(5-3-14)10-19-20(26)25(21(27-19)17(11-23)12-24)13-16-6-8-18(22)9-7-16/h2-10H,13H2,1H3/b19-10-. The summed E-state index contributed by atoms with van der Waals surface area (Å²) in [6.07, 6.45) is 1.74. The number of hydrogen-bond donors (Lipinski definition) is 0. The van der Waals surface area contributed by atoms with Gasteiger partial charge in [0.2, 0.25) is 0 Å². The zero-order valence-corrected chi connectivity index (χ0v) is 15.3. The Balaban J connectivity index is 2.21. The Kier molecular flexibility index (Phi) is 5.30. The zero-order valence-electron chi connectivity index (χ0n) is 14.4. The molecule has 3 rings (SSSR count). The second-order valence-electron chi connectivity index (χ2n) is 5.94. The van der Waals surface area contributed by atoms with E-state index in [2.05, 4.69) is 0 Å². The lowest BCUT2D eigenvalue weighted by molar-refractivity contribution is 0.626. The Labute approximate surface area is 159 Å². The molecule has 3 aromatic rings. The first kappa shape index (κ1) is 18.3. The maximum Gasteiger partial charge on any atom is 0.269 e. The van der Waals surface area contributed by atoms with E-state index in [1.807, 2.05) is 43.3 Å². The van der Waals surface area contributed by atoms with Gasteiger partial charge in [0.25, 0.3) is 5.56 Å². The molecule has 0 aliphatic carbocycles. The largest absolute Gasteiger partial charge is 0.293 e. The number of nitrogens with zero attached hydrogens (tertiary/aromatic N) is 3. The van der Waals surface area contributed by atoms with Gasteiger partial charge in [-0.25, -0.2) is 4.39 Å². The highest BCUT2D eigenvalue weighted by Crippen LogP contribution is 2.05. The number of thiazole rings is 1. The topological polar surface area (TPSA) is 69.6 Å². The van der Waals surface area contributed by atoms with E-state index in [1.54, 1.807) is 18.2 Å². The maximum atomic E-state index is 13.1. The molecule has 0 saturated carbocycles. The average Bonchev–Trinajstić information content (AvgIpc) is 2.96. The molecule has 0 atom stereocenters. The molecule has 2 aromatic carbocycles. The first-order valence-corrected chi connectivity index (χ1v) is 8.90. The van der Waals surface area contributed by atoms with Crippen molar-refractivity contribution in [2.75, 3.05) is 0 Å². The normalized spacial score (nSPS) is 11.0. The van der Waals surface area contributed by atoms with Crippen LogP contribution >= 0.6 is 11.3 Å². The van der Waals surface area contributed by atoms with E-state index >= 15 is 0 Å². The van der Waals surface area contributed by atoms with Crippen molar-refractivity contribution in [2.24, 2.45) is 0 Å². The molecule has 6 heteroatoms. The molecule has 0 aliphatic heterocycles. The van der Waals surface area contributed by atoms with Gasteiger partial charge >= 0.3 is 0 Å². The molecular weight excluding hydrogens is 361 g/mol. The van der Waals surface area contributed by atoms with Gasteiger partial charge < -0.3 is 0 Å². The number of halogens is 1. The fourth-order valence-corrected chi connectivity index (χ4v) is 3.61. The number of nitriles is 2. The molecule has 1 heterocycles. The van der Waals surface area contributed by atoms with Crippen molar-refractivity contribution >= 4 is 23.0 Å². The van der Waals surface area contributed by atoms with Gasteiger partial charge in [0.05, 0.1) is 11.1 Å². The van der Waals surface area contributed by atoms with Crippen LogP contribution in [-0.4, -0.2) is 4.57 Å². The van der Waals surface area contributed by atoms with Gasteiger partial charge in [0.1, 0.15) is 22.6 Å². The van der Waals surface area contributed by atoms with Crippen LogP contribution in [0.25, 0.3) is 11.6 Å². The van der Waals surface area contributed by atoms with Crippen LogP contribution in [0, 0.1) is 35.4 Å². The minimum atomic E-state index is -0.369. The van der Waals surface area contributed by atoms with E-state index in [4.69, 9.17) is 0 Å². The molecule has 4 nitrogen and oxygen atoms in total. The summed E-state index contributed by atoms with van der Waals surface area (Å²) in [5.41, 5.74) is 2.26. The second-order valence-corrected chi connectivity index (χ2v) is 6.97. The molecule has 132 valence electrons. The van der Waals surface area contributed by atoms with Gasteiger partial charge in [-0.05, 0) is 36.3 Å². The highest BCUT2D eigenvalue weighted by Gasteiger charge is 2.10. The lowest BCUT2D eigenvalue weighted by Gasteiger charge is -2.02. The highest BCUT2D eigenvalue weighted by atomic mass is 32.1. The predicted molar refractivity (Wildman–Crippen MR) is 103 cm³/mol. The zero-order chi connectivity index (χ0) is 19.4. The van der Waals surface area contributed by atoms with Gasteiger partial charge in [-0.2, -0.15) is 10.5 Å². The summed E-state index contributed by atoms with van der Waals surface area (Å²) in [5.74, 6) is -0.369. The maximum absolute atomic E-state index is 13.1. The molecule has 1 aromatic heterocycles. The van der Waals surface area contributed by atoms with Gasteiger partial charge in [-0.3, -0.25) is 9.36 Å². The molecule has 0 radical (unpaired) electrons. The molecule has 0 amide bonds. The van der Waals surface area contributed by atoms with Crippen LogP contribution < -0.4 is 14.8 Å². The third kappa shape index (κ3) is 4.03. The SMILES string of the molecule is Cc1ccc(/C=c2\sc(=C(C#N)C#N)n(Cc3ccc(F)cc3)c2=O)cc1. The summed E-state index contributed by atoms with van der Waals surface area (Å²) in [6.45, 7) is 2.13. The molecule has 0 saturated heterocycles. The summed E-state index contributed by atoms with van der Waals surface area (Å²) in [7, 11) is 0. The molecule has 0 N–H and O–H groups in total. The third-order valence-electron chi connectivity index (χ3n) is 3.97. The fourth-order valence-electron chi connectivity index (χ4n) is 2.56. The van der Waals surface area contributed by atoms with E-state index in [9.17, 15) is 19.7 Å². The predicted octanol–water partition coefficient (Wildman–Crippen LogP) is 2.43. The lowest BCUT2D eigenvalue weighted by atomic mass is 10.1. The van der Waals surface area contributed by atoms with Crippen molar-refractivity contribution in [1.29, 1.82) is 10.5 Å². The van der Waals surface area contributed by atoms with Crippen molar-refractivity contribution in [3.8, 4) is 12.1 Å². The number of hydrogen-bond acceptors (Lipinski definition) is 4. The smallest absolute Gasteiger partial charge is 0.269 e. The molecule has 0 bridgehead atoms. The van der Waals surface area contributed by atoms with Crippen molar-refractivity contribution < 1.29 is 4.39 Å². The van der Waals surface area contributed by atoms with Crippen molar-refractivity contribution in [2.45, 2.75) is 13.5 Å². The summed E-state index contributed by atoms with van der Waals surface area (Å²) in [4.78, 5) is 12.9. The number of rotatable bonds is 3. The van der Waals surface area contributed by atoms with E-state index in [0.717, 1.165) is 22.5 Å². The van der Waals surface area contributed by atoms with Crippen LogP contribution in [0.3, 0.4) is 0 Å². The Morgan fingerprint density at radius 2 is 1.74 bits per heavy atom. The third-order valence-corrected chi connectivity index (χ3v) is 5.10. The minimum Gasteiger partial charge on any atom is -0.293 e. The Hall–Kier alpha value is -3.48. The number of benzene rings is 2. The highest BCUT2D eigenvalue weighted by molar-refractivity contribution is 7.07. The number of aromatic nitrogens is 1. The number of aryl methyl sites for hydroxylation is 1. The van der Waals surface area contributed by atoms with Gasteiger partial charge in [0.15, 0.2) is 5.57 Å². The summed E-state index contributed by atoms with van der Waals surface area (Å²) >= 11 is 1.10. The van der Waals surface area contributed by atoms with E-state index in [1.165, 1.54) is 16.7 Å². The summed E-state index contributed by atoms with van der Waals surface area (Å²) in [5, 5.41) is 18.5. The van der Waals surface area contributed by atoms with Gasteiger partial charge in [0, 0.05) is 0 Å². The summed E-state index contributed by atoms with van der Waals surface area (Å²) < 4.78 is 15.3. The van der Waals surface area contributed by atoms with Crippen molar-refractivity contribution in [3.63, 3.8) is 0 Å². The Morgan fingerprint density at radius 1 is 1.11 bits per heavy atom. The van der Waals surface area contributed by atoms with Crippen LogP contribution in [0.1, 0.15) is 16.7 Å². The Bertz CT molecular complexity index is 1220. The van der Waals surface area contributed by atoms with Crippen LogP contribution in [0.2, 0.25) is 0 Å². The molecule has 0 aliphatic rings. The average molecular weight is 375 g/mol. The van der Waals surface area contributed by atoms with Crippen molar-refractivity contribution in [1.82, 2.24) is 4.57 Å². The molecule has 27 heavy (non-hydrogen) atoms. The fraction of sp³-hybridized carbons (Fsp3) is 0.0952. The van der Waals surface area contributed by atoms with Crippen LogP contribution in [0.5, 0.6) is 0 Å². The van der Waals surface area contributed by atoms with Crippen LogP contribution in [0.4, 0.5) is 4.39 Å². The second kappa shape index (κ2) is 7.82. The first-order valence-electron chi connectivity index (χ1n) is 8.09. The van der Waals surface area contributed by atoms with Gasteiger partial charge in [-0.15, -0.1) is 11.3 Å². The molecular formula is C21H14FN3OS. The molecule has 0 fully saturated rings. The summed E-state index contributed by atoms with van der Waals surface area (Å²) in [6, 6.07) is 17.2. The molecule has 0 unspecified atom stereocenters. The van der Waals surface area contributed by atoms with E-state index in [-0.39, 0.29) is 23.5 Å². The minimum absolute atomic E-state index is 0.122. The first-order chi connectivity index (χ1) is 13.0. The van der Waals surface area contributed by atoms with Crippen LogP contribution in [0.15, 0.2) is 53.3 Å². The lowest BCUT2D eigenvalue weighted by Crippen LogP contribution is -2.32. The quantitative estimate of drug-likeness (QED) is 0.706. The van der Waals surface area contributed by atoms with Crippen molar-refractivity contribution in [3.05, 3.63) is 90.6 Å². The van der Waals surface area contributed by atoms with Gasteiger partial charge in [-0.1, -0.05) is 42.0 Å².